The molecule has 2 amide bonds. The Bertz CT molecular complexity index is 984. The van der Waals surface area contributed by atoms with E-state index in [9.17, 15) is 9.59 Å². The number of hydrogen-bond acceptors (Lipinski definition) is 4. The molecule has 1 heterocycles. The van der Waals surface area contributed by atoms with E-state index in [1.165, 1.54) is 5.01 Å². The summed E-state index contributed by atoms with van der Waals surface area (Å²) in [6.07, 6.45) is 5.67. The Morgan fingerprint density at radius 1 is 1.23 bits per heavy atom. The number of hydrogen-bond donors (Lipinski definition) is 1. The van der Waals surface area contributed by atoms with E-state index in [2.05, 4.69) is 32.3 Å². The Kier molecular flexibility index (Phi) is 7.50. The number of benzene rings is 2. The fourth-order valence-electron chi connectivity index (χ4n) is 3.01. The van der Waals surface area contributed by atoms with Gasteiger partial charge in [-0.3, -0.25) is 9.59 Å². The first-order valence-electron chi connectivity index (χ1n) is 9.16. The van der Waals surface area contributed by atoms with Crippen molar-refractivity contribution in [3.63, 3.8) is 0 Å². The predicted molar refractivity (Wildman–Crippen MR) is 119 cm³/mol. The standard InChI is InChI=1S/C22H19BrClN3O3/c1-2-11-25-21(28)14-30-18-9-5-16(6-10-18)20-12-19(26-27(20)22(29)13-24)15-3-7-17(23)8-4-15/h1,3-10,20H,11-14H2,(H,25,28). The van der Waals surface area contributed by atoms with Gasteiger partial charge in [-0.1, -0.05) is 46.1 Å². The fourth-order valence-corrected chi connectivity index (χ4v) is 3.40. The van der Waals surface area contributed by atoms with Crippen LogP contribution in [0.2, 0.25) is 0 Å². The molecular formula is C22H19BrClN3O3. The molecule has 0 aromatic heterocycles. The van der Waals surface area contributed by atoms with Gasteiger partial charge in [-0.2, -0.15) is 5.10 Å². The van der Waals surface area contributed by atoms with Crippen molar-refractivity contribution in [2.75, 3.05) is 19.0 Å². The maximum atomic E-state index is 12.4. The van der Waals surface area contributed by atoms with Crippen LogP contribution in [0.1, 0.15) is 23.6 Å². The van der Waals surface area contributed by atoms with Gasteiger partial charge in [0.25, 0.3) is 11.8 Å². The van der Waals surface area contributed by atoms with E-state index in [1.807, 2.05) is 36.4 Å². The highest BCUT2D eigenvalue weighted by Crippen LogP contribution is 2.34. The number of ether oxygens (including phenoxy) is 1. The van der Waals surface area contributed by atoms with Crippen LogP contribution in [0.5, 0.6) is 5.75 Å². The number of nitrogens with zero attached hydrogens (tertiary/aromatic N) is 2. The van der Waals surface area contributed by atoms with Crippen LogP contribution in [0.15, 0.2) is 58.1 Å². The van der Waals surface area contributed by atoms with E-state index in [4.69, 9.17) is 22.8 Å². The Morgan fingerprint density at radius 2 is 1.93 bits per heavy atom. The van der Waals surface area contributed by atoms with E-state index in [-0.39, 0.29) is 36.9 Å². The van der Waals surface area contributed by atoms with Crippen LogP contribution in [0.25, 0.3) is 0 Å². The Labute approximate surface area is 188 Å². The SMILES string of the molecule is C#CCNC(=O)COc1ccc(C2CC(c3ccc(Br)cc3)=NN2C(=O)CCl)cc1. The molecule has 3 rings (SSSR count). The van der Waals surface area contributed by atoms with Crippen molar-refractivity contribution in [1.29, 1.82) is 0 Å². The normalized spacial score (nSPS) is 15.3. The number of amides is 2. The third-order valence-corrected chi connectivity index (χ3v) is 5.24. The number of alkyl halides is 1. The number of rotatable bonds is 7. The molecule has 2 aromatic carbocycles. The van der Waals surface area contributed by atoms with Gasteiger partial charge >= 0.3 is 0 Å². The molecule has 1 unspecified atom stereocenters. The summed E-state index contributed by atoms with van der Waals surface area (Å²) in [5.41, 5.74) is 2.66. The topological polar surface area (TPSA) is 71.0 Å². The average molecular weight is 489 g/mol. The number of halogens is 2. The maximum absolute atomic E-state index is 12.4. The highest BCUT2D eigenvalue weighted by atomic mass is 79.9. The first kappa shape index (κ1) is 21.9. The molecule has 1 aliphatic rings. The predicted octanol–water partition coefficient (Wildman–Crippen LogP) is 3.49. The maximum Gasteiger partial charge on any atom is 0.258 e. The van der Waals surface area contributed by atoms with Gasteiger partial charge in [0, 0.05) is 10.9 Å². The molecule has 0 bridgehead atoms. The molecule has 6 nitrogen and oxygen atoms in total. The van der Waals surface area contributed by atoms with Crippen LogP contribution in [0.4, 0.5) is 0 Å². The lowest BCUT2D eigenvalue weighted by atomic mass is 9.98. The second-order valence-corrected chi connectivity index (χ2v) is 7.67. The molecule has 0 spiro atoms. The summed E-state index contributed by atoms with van der Waals surface area (Å²) in [5.74, 6) is 2.16. The molecule has 1 N–H and O–H groups in total. The highest BCUT2D eigenvalue weighted by Gasteiger charge is 2.32. The minimum Gasteiger partial charge on any atom is -0.484 e. The summed E-state index contributed by atoms with van der Waals surface area (Å²) in [6, 6.07) is 14.7. The van der Waals surface area contributed by atoms with Crippen LogP contribution >= 0.6 is 27.5 Å². The van der Waals surface area contributed by atoms with Crippen LogP contribution in [-0.4, -0.2) is 41.6 Å². The summed E-state index contributed by atoms with van der Waals surface area (Å²) in [7, 11) is 0. The summed E-state index contributed by atoms with van der Waals surface area (Å²) in [5, 5.41) is 8.50. The Morgan fingerprint density at radius 3 is 2.57 bits per heavy atom. The summed E-state index contributed by atoms with van der Waals surface area (Å²) in [6.45, 7) is 0.0338. The zero-order chi connectivity index (χ0) is 21.5. The second kappa shape index (κ2) is 10.3. The lowest BCUT2D eigenvalue weighted by molar-refractivity contribution is -0.130. The molecule has 154 valence electrons. The summed E-state index contributed by atoms with van der Waals surface area (Å²) in [4.78, 5) is 23.9. The van der Waals surface area contributed by atoms with Gasteiger partial charge in [0.1, 0.15) is 11.6 Å². The van der Waals surface area contributed by atoms with Gasteiger partial charge in [0.15, 0.2) is 6.61 Å². The van der Waals surface area contributed by atoms with Gasteiger partial charge in [-0.05, 0) is 35.4 Å². The second-order valence-electron chi connectivity index (χ2n) is 6.48. The lowest BCUT2D eigenvalue weighted by Crippen LogP contribution is -2.29. The number of nitrogens with one attached hydrogen (secondary N) is 1. The third kappa shape index (κ3) is 5.41. The summed E-state index contributed by atoms with van der Waals surface area (Å²) >= 11 is 9.22. The van der Waals surface area contributed by atoms with Gasteiger partial charge in [0.05, 0.1) is 18.3 Å². The van der Waals surface area contributed by atoms with Crippen LogP contribution in [0, 0.1) is 12.3 Å². The molecule has 2 aromatic rings. The summed E-state index contributed by atoms with van der Waals surface area (Å²) < 4.78 is 6.44. The molecule has 0 aliphatic carbocycles. The molecule has 30 heavy (non-hydrogen) atoms. The monoisotopic (exact) mass is 487 g/mol. The third-order valence-electron chi connectivity index (χ3n) is 4.48. The molecule has 0 fully saturated rings. The van der Waals surface area contributed by atoms with Crippen molar-refractivity contribution in [2.24, 2.45) is 5.10 Å². The molecule has 0 radical (unpaired) electrons. The quantitative estimate of drug-likeness (QED) is 0.479. The van der Waals surface area contributed by atoms with Crippen LogP contribution < -0.4 is 10.1 Å². The van der Waals surface area contributed by atoms with Crippen molar-refractivity contribution in [3.05, 3.63) is 64.1 Å². The van der Waals surface area contributed by atoms with Crippen molar-refractivity contribution >= 4 is 45.1 Å². The number of hydrazone groups is 1. The lowest BCUT2D eigenvalue weighted by Gasteiger charge is -2.21. The van der Waals surface area contributed by atoms with E-state index >= 15 is 0 Å². The Hall–Kier alpha value is -2.82. The fraction of sp³-hybridized carbons (Fsp3) is 0.227. The molecule has 1 atom stereocenters. The van der Waals surface area contributed by atoms with Crippen molar-refractivity contribution in [1.82, 2.24) is 10.3 Å². The zero-order valence-corrected chi connectivity index (χ0v) is 18.3. The van der Waals surface area contributed by atoms with Crippen molar-refractivity contribution < 1.29 is 14.3 Å². The number of carbonyl (C=O) groups excluding carboxylic acids is 2. The van der Waals surface area contributed by atoms with E-state index in [0.29, 0.717) is 12.2 Å². The molecular weight excluding hydrogens is 470 g/mol. The van der Waals surface area contributed by atoms with Gasteiger partial charge in [-0.25, -0.2) is 5.01 Å². The van der Waals surface area contributed by atoms with E-state index in [0.717, 1.165) is 21.3 Å². The average Bonchev–Trinajstić information content (AvgIpc) is 3.22. The Balaban J connectivity index is 1.72. The number of carbonyl (C=O) groups is 2. The van der Waals surface area contributed by atoms with Crippen molar-refractivity contribution in [3.8, 4) is 18.1 Å². The first-order valence-corrected chi connectivity index (χ1v) is 10.5. The molecule has 1 aliphatic heterocycles. The zero-order valence-electron chi connectivity index (χ0n) is 16.0. The number of terminal acetylenes is 1. The minimum atomic E-state index is -0.292. The van der Waals surface area contributed by atoms with Gasteiger partial charge in [-0.15, -0.1) is 18.0 Å². The molecule has 0 saturated carbocycles. The van der Waals surface area contributed by atoms with Crippen LogP contribution in [0.3, 0.4) is 0 Å². The smallest absolute Gasteiger partial charge is 0.258 e. The minimum absolute atomic E-state index is 0.127. The van der Waals surface area contributed by atoms with Gasteiger partial charge in [0.2, 0.25) is 0 Å². The van der Waals surface area contributed by atoms with E-state index < -0.39 is 0 Å². The molecule has 0 saturated heterocycles. The molecule has 8 heteroatoms. The largest absolute Gasteiger partial charge is 0.484 e. The highest BCUT2D eigenvalue weighted by molar-refractivity contribution is 9.10. The van der Waals surface area contributed by atoms with Crippen molar-refractivity contribution in [2.45, 2.75) is 12.5 Å². The first-order chi connectivity index (χ1) is 14.5. The van der Waals surface area contributed by atoms with Crippen LogP contribution in [-0.2, 0) is 9.59 Å². The van der Waals surface area contributed by atoms with E-state index in [1.54, 1.807) is 12.1 Å². The van der Waals surface area contributed by atoms with Gasteiger partial charge < -0.3 is 10.1 Å².